The van der Waals surface area contributed by atoms with Crippen molar-refractivity contribution >= 4 is 21.8 Å². The fourth-order valence-electron chi connectivity index (χ4n) is 3.18. The molecule has 0 bridgehead atoms. The number of halogens is 1. The predicted molar refractivity (Wildman–Crippen MR) is 90.5 cm³/mol. The Morgan fingerprint density at radius 1 is 1.24 bits per heavy atom. The Morgan fingerprint density at radius 2 is 1.86 bits per heavy atom. The second-order valence-corrected chi connectivity index (χ2v) is 7.24. The molecule has 1 aliphatic heterocycles. The third-order valence-electron chi connectivity index (χ3n) is 3.99. The summed E-state index contributed by atoms with van der Waals surface area (Å²) < 4.78 is 0.993. The summed E-state index contributed by atoms with van der Waals surface area (Å²) in [4.78, 5) is 14.5. The van der Waals surface area contributed by atoms with Crippen molar-refractivity contribution in [1.82, 2.24) is 10.2 Å². The number of amides is 1. The van der Waals surface area contributed by atoms with Crippen LogP contribution in [0.3, 0.4) is 0 Å². The van der Waals surface area contributed by atoms with Crippen LogP contribution in [0.4, 0.5) is 0 Å². The van der Waals surface area contributed by atoms with E-state index in [4.69, 9.17) is 0 Å². The Hall–Kier alpha value is -0.870. The lowest BCUT2D eigenvalue weighted by Gasteiger charge is -2.34. The molecule has 1 saturated heterocycles. The van der Waals surface area contributed by atoms with Gasteiger partial charge in [0.15, 0.2) is 0 Å². The molecule has 1 aliphatic rings. The van der Waals surface area contributed by atoms with Crippen molar-refractivity contribution in [1.29, 1.82) is 0 Å². The molecule has 116 valence electrons. The Bertz CT molecular complexity index is 450. The van der Waals surface area contributed by atoms with Crippen molar-refractivity contribution < 1.29 is 4.79 Å². The van der Waals surface area contributed by atoms with Gasteiger partial charge in [-0.1, -0.05) is 29.8 Å². The van der Waals surface area contributed by atoms with Crippen molar-refractivity contribution in [3.63, 3.8) is 0 Å². The topological polar surface area (TPSA) is 32.3 Å². The van der Waals surface area contributed by atoms with E-state index in [1.54, 1.807) is 0 Å². The van der Waals surface area contributed by atoms with Gasteiger partial charge in [0.05, 0.1) is 0 Å². The van der Waals surface area contributed by atoms with Crippen molar-refractivity contribution in [2.24, 2.45) is 11.8 Å². The number of carbonyl (C=O) groups is 1. The molecule has 0 saturated carbocycles. The molecule has 2 rings (SSSR count). The smallest absolute Gasteiger partial charge is 0.251 e. The highest BCUT2D eigenvalue weighted by Gasteiger charge is 2.21. The standard InChI is InChI=1S/C17H25BrN2O/c1-13-10-14(2)12-20(11-13)9-3-8-19-17(21)15-4-6-16(18)7-5-15/h4-7,13-14H,3,8-12H2,1-2H3,(H,19,21). The maximum atomic E-state index is 12.0. The van der Waals surface area contributed by atoms with Crippen molar-refractivity contribution in [2.45, 2.75) is 26.7 Å². The zero-order valence-corrected chi connectivity index (χ0v) is 14.5. The van der Waals surface area contributed by atoms with Crippen LogP contribution in [-0.4, -0.2) is 37.0 Å². The van der Waals surface area contributed by atoms with Gasteiger partial charge in [0.25, 0.3) is 5.91 Å². The lowest BCUT2D eigenvalue weighted by Crippen LogP contribution is -2.40. The van der Waals surface area contributed by atoms with Crippen LogP contribution in [0.5, 0.6) is 0 Å². The molecule has 0 aromatic heterocycles. The summed E-state index contributed by atoms with van der Waals surface area (Å²) in [7, 11) is 0. The second-order valence-electron chi connectivity index (χ2n) is 6.32. The molecule has 2 atom stereocenters. The van der Waals surface area contributed by atoms with Gasteiger partial charge in [-0.2, -0.15) is 0 Å². The minimum Gasteiger partial charge on any atom is -0.352 e. The number of benzene rings is 1. The number of carbonyl (C=O) groups excluding carboxylic acids is 1. The molecule has 1 aromatic rings. The zero-order chi connectivity index (χ0) is 15.2. The molecule has 4 heteroatoms. The maximum Gasteiger partial charge on any atom is 0.251 e. The van der Waals surface area contributed by atoms with Crippen molar-refractivity contribution in [3.8, 4) is 0 Å². The fourth-order valence-corrected chi connectivity index (χ4v) is 3.45. The Kier molecular flexibility index (Phi) is 6.24. The van der Waals surface area contributed by atoms with Gasteiger partial charge >= 0.3 is 0 Å². The van der Waals surface area contributed by atoms with Gasteiger partial charge in [-0.25, -0.2) is 0 Å². The molecule has 1 fully saturated rings. The maximum absolute atomic E-state index is 12.0. The van der Waals surface area contributed by atoms with Crippen LogP contribution in [-0.2, 0) is 0 Å². The largest absolute Gasteiger partial charge is 0.352 e. The molecule has 1 aromatic carbocycles. The second kappa shape index (κ2) is 7.95. The number of nitrogens with zero attached hydrogens (tertiary/aromatic N) is 1. The van der Waals surface area contributed by atoms with Gasteiger partial charge in [0, 0.05) is 29.7 Å². The average molecular weight is 353 g/mol. The lowest BCUT2D eigenvalue weighted by atomic mass is 9.92. The van der Waals surface area contributed by atoms with E-state index in [1.165, 1.54) is 19.5 Å². The summed E-state index contributed by atoms with van der Waals surface area (Å²) >= 11 is 3.37. The summed E-state index contributed by atoms with van der Waals surface area (Å²) in [6.45, 7) is 8.88. The van der Waals surface area contributed by atoms with E-state index in [1.807, 2.05) is 24.3 Å². The van der Waals surface area contributed by atoms with Crippen LogP contribution in [0.1, 0.15) is 37.0 Å². The Balaban J connectivity index is 1.67. The third-order valence-corrected chi connectivity index (χ3v) is 4.52. The van der Waals surface area contributed by atoms with E-state index in [9.17, 15) is 4.79 Å². The van der Waals surface area contributed by atoms with Crippen molar-refractivity contribution in [2.75, 3.05) is 26.2 Å². The fraction of sp³-hybridized carbons (Fsp3) is 0.588. The highest BCUT2D eigenvalue weighted by Crippen LogP contribution is 2.20. The Morgan fingerprint density at radius 3 is 2.48 bits per heavy atom. The van der Waals surface area contributed by atoms with E-state index >= 15 is 0 Å². The highest BCUT2D eigenvalue weighted by atomic mass is 79.9. The third kappa shape index (κ3) is 5.44. The van der Waals surface area contributed by atoms with Crippen LogP contribution in [0.15, 0.2) is 28.7 Å². The zero-order valence-electron chi connectivity index (χ0n) is 12.9. The predicted octanol–water partition coefficient (Wildman–Crippen LogP) is 3.55. The first-order valence-corrected chi connectivity index (χ1v) is 8.60. The first-order valence-electron chi connectivity index (χ1n) is 7.80. The number of rotatable bonds is 5. The molecule has 21 heavy (non-hydrogen) atoms. The molecule has 1 heterocycles. The van der Waals surface area contributed by atoms with Crippen LogP contribution >= 0.6 is 15.9 Å². The summed E-state index contributed by atoms with van der Waals surface area (Å²) in [5.74, 6) is 1.61. The van der Waals surface area contributed by atoms with E-state index < -0.39 is 0 Å². The van der Waals surface area contributed by atoms with Crippen LogP contribution in [0.2, 0.25) is 0 Å². The monoisotopic (exact) mass is 352 g/mol. The quantitative estimate of drug-likeness (QED) is 0.821. The minimum absolute atomic E-state index is 0.0166. The van der Waals surface area contributed by atoms with Crippen LogP contribution in [0.25, 0.3) is 0 Å². The molecule has 1 amide bonds. The van der Waals surface area contributed by atoms with Crippen molar-refractivity contribution in [3.05, 3.63) is 34.3 Å². The van der Waals surface area contributed by atoms with Gasteiger partial charge in [-0.05, 0) is 55.5 Å². The SMILES string of the molecule is CC1CC(C)CN(CCCNC(=O)c2ccc(Br)cc2)C1. The normalized spacial score (nSPS) is 23.0. The van der Waals surface area contributed by atoms with E-state index in [0.29, 0.717) is 0 Å². The molecule has 0 radical (unpaired) electrons. The van der Waals surface area contributed by atoms with Gasteiger partial charge in [0.1, 0.15) is 0 Å². The molecule has 2 unspecified atom stereocenters. The Labute approximate surface area is 136 Å². The van der Waals surface area contributed by atoms with Crippen LogP contribution < -0.4 is 5.32 Å². The summed E-state index contributed by atoms with van der Waals surface area (Å²) in [6.07, 6.45) is 2.36. The highest BCUT2D eigenvalue weighted by molar-refractivity contribution is 9.10. The summed E-state index contributed by atoms with van der Waals surface area (Å²) in [5, 5.41) is 3.00. The summed E-state index contributed by atoms with van der Waals surface area (Å²) in [6, 6.07) is 7.47. The lowest BCUT2D eigenvalue weighted by molar-refractivity contribution is 0.0947. The van der Waals surface area contributed by atoms with E-state index in [-0.39, 0.29) is 5.91 Å². The van der Waals surface area contributed by atoms with E-state index in [2.05, 4.69) is 40.0 Å². The molecule has 3 nitrogen and oxygen atoms in total. The first kappa shape index (κ1) is 16.5. The van der Waals surface area contributed by atoms with E-state index in [0.717, 1.165) is 41.4 Å². The molecule has 1 N–H and O–H groups in total. The van der Waals surface area contributed by atoms with Gasteiger partial charge < -0.3 is 10.2 Å². The number of piperidine rings is 1. The van der Waals surface area contributed by atoms with Gasteiger partial charge in [-0.3, -0.25) is 4.79 Å². The van der Waals surface area contributed by atoms with Gasteiger partial charge in [-0.15, -0.1) is 0 Å². The number of likely N-dealkylation sites (tertiary alicyclic amines) is 1. The van der Waals surface area contributed by atoms with Gasteiger partial charge in [0.2, 0.25) is 0 Å². The summed E-state index contributed by atoms with van der Waals surface area (Å²) in [5.41, 5.74) is 0.721. The minimum atomic E-state index is 0.0166. The number of nitrogens with one attached hydrogen (secondary N) is 1. The van der Waals surface area contributed by atoms with Crippen LogP contribution in [0, 0.1) is 11.8 Å². The average Bonchev–Trinajstić information content (AvgIpc) is 2.43. The molecular formula is C17H25BrN2O. The molecule has 0 spiro atoms. The first-order chi connectivity index (χ1) is 10.0. The molecular weight excluding hydrogens is 328 g/mol. The molecule has 0 aliphatic carbocycles. The number of hydrogen-bond acceptors (Lipinski definition) is 2. The number of hydrogen-bond donors (Lipinski definition) is 1.